The van der Waals surface area contributed by atoms with Gasteiger partial charge in [-0.1, -0.05) is 12.1 Å². The maximum atomic E-state index is 13.9. The van der Waals surface area contributed by atoms with Crippen LogP contribution in [-0.4, -0.2) is 84.7 Å². The van der Waals surface area contributed by atoms with Crippen LogP contribution in [0, 0.1) is 0 Å². The molecule has 2 atom stereocenters. The number of carbonyl (C=O) groups is 6. The second-order valence-corrected chi connectivity index (χ2v) is 13.9. The first kappa shape index (κ1) is 38.9. The van der Waals surface area contributed by atoms with Crippen molar-refractivity contribution in [2.24, 2.45) is 5.73 Å². The summed E-state index contributed by atoms with van der Waals surface area (Å²) in [6, 6.07) is 10.3. The van der Waals surface area contributed by atoms with Crippen LogP contribution in [0.25, 0.3) is 44.7 Å². The zero-order chi connectivity index (χ0) is 41.8. The van der Waals surface area contributed by atoms with E-state index in [-0.39, 0.29) is 47.0 Å². The van der Waals surface area contributed by atoms with E-state index in [4.69, 9.17) is 14.6 Å². The molecule has 8 rings (SSSR count). The molecule has 0 aliphatic carbocycles. The molecule has 8 aromatic rings. The summed E-state index contributed by atoms with van der Waals surface area (Å²) in [5, 5.41) is 8.57. The first-order chi connectivity index (χ1) is 29.1. The number of Topliss-reactive ketones (excluding diaryl/α,β-unsaturated/α-hetero) is 2. The number of anilines is 1. The Morgan fingerprint density at radius 3 is 1.82 bits per heavy atom. The average Bonchev–Trinajstić information content (AvgIpc) is 4.10. The molecule has 0 saturated heterocycles. The molecule has 5 N–H and O–H groups in total. The molecule has 0 radical (unpaired) electrons. The van der Waals surface area contributed by atoms with Gasteiger partial charge < -0.3 is 30.5 Å². The Kier molecular flexibility index (Phi) is 10.9. The largest absolute Gasteiger partial charge is 0.464 e. The molecule has 0 spiro atoms. The molecule has 20 nitrogen and oxygen atoms in total. The van der Waals surface area contributed by atoms with Gasteiger partial charge in [-0.25, -0.2) is 4.98 Å². The molecule has 2 unspecified atom stereocenters. The summed E-state index contributed by atoms with van der Waals surface area (Å²) in [5.74, 6) is -6.18. The highest BCUT2D eigenvalue weighted by Gasteiger charge is 2.32. The molecule has 4 amide bonds. The van der Waals surface area contributed by atoms with E-state index in [0.29, 0.717) is 38.9 Å². The number of nitrogens with one attached hydrogen (secondary N) is 3. The Bertz CT molecular complexity index is 2930. The molecule has 0 saturated carbocycles. The van der Waals surface area contributed by atoms with E-state index >= 15 is 0 Å². The van der Waals surface area contributed by atoms with Gasteiger partial charge >= 0.3 is 0 Å². The van der Waals surface area contributed by atoms with Gasteiger partial charge in [0.2, 0.25) is 11.6 Å². The predicted molar refractivity (Wildman–Crippen MR) is 212 cm³/mol. The lowest BCUT2D eigenvalue weighted by Gasteiger charge is -2.17. The zero-order valence-electron chi connectivity index (χ0n) is 30.5. The number of amides is 4. The molecule has 22 heteroatoms. The summed E-state index contributed by atoms with van der Waals surface area (Å²) in [6.45, 7) is 0. The van der Waals surface area contributed by atoms with Crippen molar-refractivity contribution < 1.29 is 37.6 Å². The van der Waals surface area contributed by atoms with Crippen molar-refractivity contribution in [3.63, 3.8) is 0 Å². The number of fused-ring (bicyclic) bond motifs is 2. The smallest absolute Gasteiger partial charge is 0.295 e. The minimum atomic E-state index is -1.44. The van der Waals surface area contributed by atoms with Gasteiger partial charge in [-0.15, -0.1) is 0 Å². The number of rotatable bonds is 15. The quantitative estimate of drug-likeness (QED) is 0.108. The number of hydrogen-bond acceptors (Lipinski definition) is 18. The van der Waals surface area contributed by atoms with Gasteiger partial charge in [-0.3, -0.25) is 43.7 Å². The third kappa shape index (κ3) is 8.07. The van der Waals surface area contributed by atoms with Crippen molar-refractivity contribution >= 4 is 86.4 Å². The third-order valence-corrected chi connectivity index (χ3v) is 10.1. The fourth-order valence-corrected chi connectivity index (χ4v) is 7.24. The van der Waals surface area contributed by atoms with Gasteiger partial charge in [-0.05, 0) is 30.3 Å². The lowest BCUT2D eigenvalue weighted by molar-refractivity contribution is -0.137. The summed E-state index contributed by atoms with van der Waals surface area (Å²) in [5.41, 5.74) is 7.74. The van der Waals surface area contributed by atoms with Gasteiger partial charge in [0, 0.05) is 65.6 Å². The molecule has 0 aliphatic heterocycles. The lowest BCUT2D eigenvalue weighted by atomic mass is 10.0. The van der Waals surface area contributed by atoms with Crippen molar-refractivity contribution in [1.29, 1.82) is 0 Å². The van der Waals surface area contributed by atoms with E-state index in [2.05, 4.69) is 53.4 Å². The third-order valence-electron chi connectivity index (χ3n) is 9.02. The number of nitrogens with zero attached hydrogens (tertiary/aromatic N) is 8. The molecule has 60 heavy (non-hydrogen) atoms. The first-order valence-corrected chi connectivity index (χ1v) is 19.0. The minimum absolute atomic E-state index is 0.0902. The van der Waals surface area contributed by atoms with Gasteiger partial charge in [0.15, 0.2) is 17.0 Å². The van der Waals surface area contributed by atoms with Crippen LogP contribution in [0.5, 0.6) is 0 Å². The Morgan fingerprint density at radius 2 is 1.23 bits per heavy atom. The van der Waals surface area contributed by atoms with Crippen LogP contribution in [0.3, 0.4) is 0 Å². The van der Waals surface area contributed by atoms with Crippen LogP contribution in [-0.2, 0) is 32.0 Å². The molecule has 8 heterocycles. The van der Waals surface area contributed by atoms with Crippen molar-refractivity contribution in [2.75, 3.05) is 5.32 Å². The van der Waals surface area contributed by atoms with Gasteiger partial charge in [0.1, 0.15) is 34.9 Å². The number of pyridine rings is 4. The van der Waals surface area contributed by atoms with Crippen molar-refractivity contribution in [3.05, 3.63) is 115 Å². The summed E-state index contributed by atoms with van der Waals surface area (Å²) in [7, 11) is 0. The standard InChI is InChI=1S/C38H26N12O8S2/c39-35(53)33(51)24(44-36(54)31-29(47-59-49-31)22-5-1-3-8-41-22)12-19-17-57-26-13-28(43-14-21(19)26)46-38(56)34(52)25(11-18-16-58-27-15-40-10-7-20(18)27)45-37(55)32-30(48-60-50-32)23-6-2-4-9-42-23/h1-10,13-17,24-25H,11-12H2,(H2,39,53)(H,44,54)(H,45,55)(H,43,46,56). The van der Waals surface area contributed by atoms with E-state index in [0.717, 1.165) is 23.5 Å². The SMILES string of the molecule is NC(=O)C(=O)C(Cc1coc2cc(NC(=O)C(=O)C(Cc3coc4cnccc34)NC(=O)c3nsnc3-c3ccccn3)ncc12)NC(=O)c1nsnc1-c1ccccn1. The summed E-state index contributed by atoms with van der Waals surface area (Å²) < 4.78 is 27.8. The number of aromatic nitrogens is 8. The van der Waals surface area contributed by atoms with Gasteiger partial charge in [0.05, 0.1) is 53.6 Å². The maximum Gasteiger partial charge on any atom is 0.295 e. The van der Waals surface area contributed by atoms with Crippen LogP contribution < -0.4 is 21.7 Å². The highest BCUT2D eigenvalue weighted by Crippen LogP contribution is 2.26. The number of nitrogens with two attached hydrogens (primary N) is 1. The number of hydrogen-bond donors (Lipinski definition) is 4. The topological polar surface area (TPSA) is 294 Å². The van der Waals surface area contributed by atoms with Gasteiger partial charge in [0.25, 0.3) is 23.6 Å². The second kappa shape index (κ2) is 16.9. The van der Waals surface area contributed by atoms with Crippen LogP contribution in [0.15, 0.2) is 101 Å². The highest BCUT2D eigenvalue weighted by molar-refractivity contribution is 6.99. The zero-order valence-corrected chi connectivity index (χ0v) is 32.1. The fourth-order valence-electron chi connectivity index (χ4n) is 6.13. The molecule has 0 fully saturated rings. The predicted octanol–water partition coefficient (Wildman–Crippen LogP) is 2.74. The molecule has 8 aromatic heterocycles. The molecule has 0 aliphatic rings. The summed E-state index contributed by atoms with van der Waals surface area (Å²) in [4.78, 5) is 96.1. The van der Waals surface area contributed by atoms with E-state index < -0.39 is 47.3 Å². The molecular weight excluding hydrogens is 817 g/mol. The average molecular weight is 843 g/mol. The van der Waals surface area contributed by atoms with E-state index in [1.807, 2.05) is 0 Å². The number of primary amides is 1. The lowest BCUT2D eigenvalue weighted by Crippen LogP contribution is -2.47. The van der Waals surface area contributed by atoms with Crippen molar-refractivity contribution in [3.8, 4) is 22.8 Å². The summed E-state index contributed by atoms with van der Waals surface area (Å²) >= 11 is 1.55. The monoisotopic (exact) mass is 842 g/mol. The molecule has 0 aromatic carbocycles. The Morgan fingerprint density at radius 1 is 0.650 bits per heavy atom. The normalized spacial score (nSPS) is 12.1. The first-order valence-electron chi connectivity index (χ1n) is 17.6. The van der Waals surface area contributed by atoms with E-state index in [1.165, 1.54) is 49.6 Å². The highest BCUT2D eigenvalue weighted by atomic mass is 32.1. The molecule has 0 bridgehead atoms. The Labute approximate surface area is 344 Å². The fraction of sp³-hybridized carbons (Fsp3) is 0.105. The van der Waals surface area contributed by atoms with Crippen molar-refractivity contribution in [1.82, 2.24) is 48.1 Å². The van der Waals surface area contributed by atoms with Crippen LogP contribution in [0.4, 0.5) is 5.82 Å². The van der Waals surface area contributed by atoms with E-state index in [1.54, 1.807) is 42.5 Å². The van der Waals surface area contributed by atoms with Crippen LogP contribution >= 0.6 is 23.5 Å². The number of furan rings is 2. The second-order valence-electron chi connectivity index (χ2n) is 12.8. The Hall–Kier alpha value is -7.98. The van der Waals surface area contributed by atoms with E-state index in [9.17, 15) is 28.8 Å². The Balaban J connectivity index is 1.00. The van der Waals surface area contributed by atoms with Crippen LogP contribution in [0.2, 0.25) is 0 Å². The van der Waals surface area contributed by atoms with Crippen LogP contribution in [0.1, 0.15) is 32.1 Å². The maximum absolute atomic E-state index is 13.9. The summed E-state index contributed by atoms with van der Waals surface area (Å²) in [6.07, 6.45) is 9.69. The van der Waals surface area contributed by atoms with Gasteiger partial charge in [-0.2, -0.15) is 17.5 Å². The van der Waals surface area contributed by atoms with Crippen molar-refractivity contribution in [2.45, 2.75) is 24.9 Å². The molecular formula is C38H26N12O8S2. The number of carbonyl (C=O) groups excluding carboxylic acids is 6. The minimum Gasteiger partial charge on any atom is -0.464 e. The number of ketones is 2. The molecule has 298 valence electrons.